The highest BCUT2D eigenvalue weighted by Gasteiger charge is 2.21. The summed E-state index contributed by atoms with van der Waals surface area (Å²) in [5, 5.41) is 14.9. The van der Waals surface area contributed by atoms with E-state index in [9.17, 15) is 19.2 Å². The van der Waals surface area contributed by atoms with Crippen LogP contribution in [-0.4, -0.2) is 48.8 Å². The Hall–Kier alpha value is -4.51. The molecule has 11 nitrogen and oxygen atoms in total. The van der Waals surface area contributed by atoms with Gasteiger partial charge >= 0.3 is 11.7 Å². The molecule has 11 heteroatoms. The number of imidazole rings is 1. The molecule has 42 heavy (non-hydrogen) atoms. The first-order valence-electron chi connectivity index (χ1n) is 14.4. The molecule has 1 amide bonds. The number of benzene rings is 2. The van der Waals surface area contributed by atoms with Crippen LogP contribution in [0.4, 0.5) is 5.69 Å². The molecule has 0 fully saturated rings. The van der Waals surface area contributed by atoms with Gasteiger partial charge in [-0.15, -0.1) is 0 Å². The molecule has 0 radical (unpaired) electrons. The molecule has 0 atom stereocenters. The Morgan fingerprint density at radius 3 is 2.36 bits per heavy atom. The van der Waals surface area contributed by atoms with E-state index in [4.69, 9.17) is 10.1 Å². The summed E-state index contributed by atoms with van der Waals surface area (Å²) in [6.07, 6.45) is 1.24. The van der Waals surface area contributed by atoms with Gasteiger partial charge in [0.1, 0.15) is 5.82 Å². The van der Waals surface area contributed by atoms with Gasteiger partial charge in [-0.3, -0.25) is 23.5 Å². The maximum absolute atomic E-state index is 13.7. The van der Waals surface area contributed by atoms with Crippen molar-refractivity contribution in [1.82, 2.24) is 24.0 Å². The van der Waals surface area contributed by atoms with Crippen LogP contribution in [0, 0.1) is 0 Å². The van der Waals surface area contributed by atoms with Gasteiger partial charge in [0.2, 0.25) is 5.91 Å². The average Bonchev–Trinajstić information content (AvgIpc) is 3.32. The fraction of sp³-hybridized carbons (Fsp3) is 0.387. The number of nitrogens with one attached hydrogen (secondary N) is 2. The predicted molar refractivity (Wildman–Crippen MR) is 162 cm³/mol. The fourth-order valence-electron chi connectivity index (χ4n) is 4.97. The number of carbonyl (C=O) groups is 2. The number of aromatic nitrogens is 4. The number of nitrogens with zero attached hydrogens (tertiary/aromatic N) is 4. The highest BCUT2D eigenvalue weighted by atomic mass is 16.4. The zero-order valence-corrected chi connectivity index (χ0v) is 24.1. The lowest BCUT2D eigenvalue weighted by molar-refractivity contribution is -0.138. The van der Waals surface area contributed by atoms with Gasteiger partial charge in [0.05, 0.1) is 6.42 Å². The molecule has 4 rings (SSSR count). The topological polar surface area (TPSA) is 140 Å². The number of likely N-dealkylation sites (N-methyl/N-ethyl adjacent to an activating group) is 1. The van der Waals surface area contributed by atoms with E-state index in [1.54, 1.807) is 22.8 Å². The van der Waals surface area contributed by atoms with Crippen molar-refractivity contribution >= 4 is 28.7 Å². The Kier molecular flexibility index (Phi) is 10.4. The van der Waals surface area contributed by atoms with Crippen LogP contribution in [0.5, 0.6) is 0 Å². The van der Waals surface area contributed by atoms with Crippen molar-refractivity contribution in [2.75, 3.05) is 18.4 Å². The Bertz CT molecular complexity index is 1650. The first-order chi connectivity index (χ1) is 20.3. The van der Waals surface area contributed by atoms with E-state index in [1.165, 1.54) is 4.57 Å². The number of carbonyl (C=O) groups excluding carboxylic acids is 1. The quantitative estimate of drug-likeness (QED) is 0.185. The number of anilines is 1. The van der Waals surface area contributed by atoms with E-state index in [2.05, 4.69) is 10.6 Å². The molecule has 222 valence electrons. The summed E-state index contributed by atoms with van der Waals surface area (Å²) in [5.74, 6) is -0.691. The van der Waals surface area contributed by atoms with Crippen molar-refractivity contribution in [3.63, 3.8) is 0 Å². The Morgan fingerprint density at radius 1 is 0.881 bits per heavy atom. The molecule has 2 aromatic carbocycles. The fourth-order valence-corrected chi connectivity index (χ4v) is 4.97. The van der Waals surface area contributed by atoms with Crippen LogP contribution in [0.3, 0.4) is 0 Å². The summed E-state index contributed by atoms with van der Waals surface area (Å²) in [4.78, 5) is 55.2. The molecule has 0 aliphatic carbocycles. The zero-order valence-electron chi connectivity index (χ0n) is 24.1. The van der Waals surface area contributed by atoms with Crippen molar-refractivity contribution in [3.8, 4) is 0 Å². The van der Waals surface area contributed by atoms with Gasteiger partial charge in [0.15, 0.2) is 11.2 Å². The Balaban J connectivity index is 1.72. The summed E-state index contributed by atoms with van der Waals surface area (Å²) < 4.78 is 4.84. The molecule has 0 saturated heterocycles. The first kappa shape index (κ1) is 30.4. The second kappa shape index (κ2) is 14.4. The van der Waals surface area contributed by atoms with Crippen molar-refractivity contribution in [3.05, 3.63) is 92.4 Å². The van der Waals surface area contributed by atoms with Gasteiger partial charge in [-0.05, 0) is 42.6 Å². The number of hydrogen-bond donors (Lipinski definition) is 3. The molecular formula is C31H38N6O5. The molecule has 0 aliphatic rings. The third-order valence-corrected chi connectivity index (χ3v) is 7.01. The number of aliphatic carboxylic acids is 1. The molecule has 0 aliphatic heterocycles. The van der Waals surface area contributed by atoms with Crippen LogP contribution in [0.2, 0.25) is 0 Å². The highest BCUT2D eigenvalue weighted by molar-refractivity contribution is 5.92. The van der Waals surface area contributed by atoms with E-state index >= 15 is 0 Å². The van der Waals surface area contributed by atoms with Crippen molar-refractivity contribution in [2.45, 2.75) is 65.6 Å². The largest absolute Gasteiger partial charge is 0.481 e. The minimum absolute atomic E-state index is 0.117. The average molecular weight is 575 g/mol. The molecule has 0 bridgehead atoms. The molecule has 4 aromatic rings. The number of rotatable bonds is 15. The lowest BCUT2D eigenvalue weighted by atomic mass is 10.1. The van der Waals surface area contributed by atoms with Crippen molar-refractivity contribution < 1.29 is 14.7 Å². The molecule has 2 heterocycles. The van der Waals surface area contributed by atoms with Crippen LogP contribution in [0.15, 0.2) is 64.2 Å². The number of amides is 1. The Morgan fingerprint density at radius 2 is 1.64 bits per heavy atom. The molecule has 0 saturated carbocycles. The van der Waals surface area contributed by atoms with Crippen LogP contribution >= 0.6 is 0 Å². The summed E-state index contributed by atoms with van der Waals surface area (Å²) in [7, 11) is 0. The molecule has 0 unspecified atom stereocenters. The van der Waals surface area contributed by atoms with Crippen LogP contribution in [0.25, 0.3) is 11.2 Å². The highest BCUT2D eigenvalue weighted by Crippen LogP contribution is 2.17. The number of fused-ring (bicyclic) bond motifs is 1. The van der Waals surface area contributed by atoms with Gasteiger partial charge in [0.25, 0.3) is 5.56 Å². The normalized spacial score (nSPS) is 11.2. The zero-order chi connectivity index (χ0) is 30.1. The molecule has 0 spiro atoms. The second-order valence-corrected chi connectivity index (χ2v) is 10.2. The van der Waals surface area contributed by atoms with Crippen molar-refractivity contribution in [2.24, 2.45) is 0 Å². The van der Waals surface area contributed by atoms with E-state index in [1.807, 2.05) is 54.8 Å². The third kappa shape index (κ3) is 7.41. The lowest BCUT2D eigenvalue weighted by Crippen LogP contribution is -2.41. The minimum atomic E-state index is -1.03. The number of carboxylic acid groups (broad SMARTS) is 1. The van der Waals surface area contributed by atoms with Crippen LogP contribution in [-0.2, 0) is 42.1 Å². The lowest BCUT2D eigenvalue weighted by Gasteiger charge is -2.13. The molecular weight excluding hydrogens is 536 g/mol. The first-order valence-corrected chi connectivity index (χ1v) is 14.4. The standard InChI is InChI=1S/C31H38N6O5/c1-3-17-37-30(41)28-29(34-25(35(28)19-16-32-4-2)21-22-9-6-5-7-10-22)36(31(37)42)18-15-23-11-8-12-24(20-23)33-26(38)13-14-27(39)40/h5-12,20,32H,3-4,13-19,21H2,1-2H3,(H,33,38)(H,39,40). The maximum Gasteiger partial charge on any atom is 0.332 e. The predicted octanol–water partition coefficient (Wildman–Crippen LogP) is 3.02. The van der Waals surface area contributed by atoms with Crippen LogP contribution < -0.4 is 21.9 Å². The number of carboxylic acids is 1. The SMILES string of the molecule is CCCn1c(=O)c2c(nc(Cc3ccccc3)n2CCNCC)n(CCc2cccc(NC(=O)CCC(=O)O)c2)c1=O. The van der Waals surface area contributed by atoms with Crippen LogP contribution in [0.1, 0.15) is 50.1 Å². The Labute approximate surface area is 243 Å². The maximum atomic E-state index is 13.7. The number of aryl methyl sites for hydroxylation is 2. The summed E-state index contributed by atoms with van der Waals surface area (Å²) in [6.45, 7) is 6.53. The second-order valence-electron chi connectivity index (χ2n) is 10.2. The van der Waals surface area contributed by atoms with Gasteiger partial charge in [-0.25, -0.2) is 9.78 Å². The molecule has 3 N–H and O–H groups in total. The van der Waals surface area contributed by atoms with Gasteiger partial charge in [0, 0.05) is 44.7 Å². The summed E-state index contributed by atoms with van der Waals surface area (Å²) in [5.41, 5.74) is 2.55. The monoisotopic (exact) mass is 574 g/mol. The van der Waals surface area contributed by atoms with E-state index in [-0.39, 0.29) is 30.9 Å². The number of hydrogen-bond acceptors (Lipinski definition) is 6. The van der Waals surface area contributed by atoms with E-state index in [0.29, 0.717) is 55.7 Å². The summed E-state index contributed by atoms with van der Waals surface area (Å²) in [6, 6.07) is 17.2. The van der Waals surface area contributed by atoms with E-state index in [0.717, 1.165) is 23.5 Å². The van der Waals surface area contributed by atoms with Gasteiger partial charge in [-0.2, -0.15) is 0 Å². The minimum Gasteiger partial charge on any atom is -0.481 e. The van der Waals surface area contributed by atoms with E-state index < -0.39 is 11.7 Å². The summed E-state index contributed by atoms with van der Waals surface area (Å²) >= 11 is 0. The smallest absolute Gasteiger partial charge is 0.332 e. The molecule has 2 aromatic heterocycles. The van der Waals surface area contributed by atoms with Crippen molar-refractivity contribution in [1.29, 1.82) is 0 Å². The third-order valence-electron chi connectivity index (χ3n) is 7.01. The van der Waals surface area contributed by atoms with Gasteiger partial charge in [-0.1, -0.05) is 56.3 Å². The van der Waals surface area contributed by atoms with Gasteiger partial charge < -0.3 is 20.3 Å².